The van der Waals surface area contributed by atoms with Crippen molar-refractivity contribution in [3.05, 3.63) is 18.0 Å². The van der Waals surface area contributed by atoms with E-state index in [-0.39, 0.29) is 29.0 Å². The highest BCUT2D eigenvalue weighted by Gasteiger charge is 2.35. The third-order valence-corrected chi connectivity index (χ3v) is 5.82. The molecule has 1 aromatic rings. The van der Waals surface area contributed by atoms with Gasteiger partial charge >= 0.3 is 0 Å². The molecule has 3 rings (SSSR count). The van der Waals surface area contributed by atoms with Crippen LogP contribution in [0.25, 0.3) is 0 Å². The first-order chi connectivity index (χ1) is 9.85. The van der Waals surface area contributed by atoms with Crippen LogP contribution in [0.15, 0.2) is 17.2 Å². The fourth-order valence-electron chi connectivity index (χ4n) is 3.37. The van der Waals surface area contributed by atoms with Crippen molar-refractivity contribution in [1.82, 2.24) is 14.6 Å². The Bertz CT molecular complexity index is 661. The molecule has 1 aromatic heterocycles. The van der Waals surface area contributed by atoms with Crippen LogP contribution in [0, 0.1) is 0 Å². The Labute approximate surface area is 136 Å². The van der Waals surface area contributed by atoms with Gasteiger partial charge in [-0.1, -0.05) is 0 Å². The van der Waals surface area contributed by atoms with Crippen molar-refractivity contribution >= 4 is 28.3 Å². The van der Waals surface area contributed by atoms with E-state index in [1.165, 1.54) is 16.8 Å². The first-order valence-electron chi connectivity index (χ1n) is 7.09. The standard InChI is InChI=1S/C13H20N4O3S.ClH/c1-17-7-11(6-12(17)13(14)18)21(19,20)16-10-4-8-2-3-9(5-10)15-8;/h6-10,15-16H,2-5H2,1H3,(H2,14,18);1H. The number of carbonyl (C=O) groups is 1. The summed E-state index contributed by atoms with van der Waals surface area (Å²) in [6, 6.07) is 2.09. The van der Waals surface area contributed by atoms with Gasteiger partial charge in [0.25, 0.3) is 5.91 Å². The van der Waals surface area contributed by atoms with Gasteiger partial charge in [0.05, 0.1) is 0 Å². The average Bonchev–Trinajstić information content (AvgIpc) is 2.93. The van der Waals surface area contributed by atoms with Gasteiger partial charge in [-0.15, -0.1) is 12.4 Å². The average molecular weight is 349 g/mol. The fraction of sp³-hybridized carbons (Fsp3) is 0.615. The van der Waals surface area contributed by atoms with E-state index in [0.717, 1.165) is 25.7 Å². The van der Waals surface area contributed by atoms with Gasteiger partial charge in [-0.05, 0) is 31.7 Å². The Hall–Kier alpha value is -1.09. The first kappa shape index (κ1) is 17.3. The SMILES string of the molecule is Cl.Cn1cc(S(=O)(=O)NC2CC3CCC(C2)N3)cc1C(N)=O. The summed E-state index contributed by atoms with van der Waals surface area (Å²) >= 11 is 0. The summed E-state index contributed by atoms with van der Waals surface area (Å²) in [5.74, 6) is -0.640. The highest BCUT2D eigenvalue weighted by atomic mass is 35.5. The van der Waals surface area contributed by atoms with Gasteiger partial charge in [0, 0.05) is 31.4 Å². The largest absolute Gasteiger partial charge is 0.364 e. The van der Waals surface area contributed by atoms with Gasteiger partial charge < -0.3 is 15.6 Å². The van der Waals surface area contributed by atoms with Crippen molar-refractivity contribution in [3.8, 4) is 0 Å². The van der Waals surface area contributed by atoms with E-state index in [4.69, 9.17) is 5.73 Å². The number of nitrogens with one attached hydrogen (secondary N) is 2. The molecule has 2 atom stereocenters. The molecule has 7 nitrogen and oxygen atoms in total. The summed E-state index contributed by atoms with van der Waals surface area (Å²) in [4.78, 5) is 11.3. The van der Waals surface area contributed by atoms with Crippen LogP contribution in [0.3, 0.4) is 0 Å². The number of aryl methyl sites for hydroxylation is 1. The van der Waals surface area contributed by atoms with Crippen LogP contribution in [0.2, 0.25) is 0 Å². The Balaban J connectivity index is 0.00000176. The van der Waals surface area contributed by atoms with Gasteiger partial charge in [0.15, 0.2) is 0 Å². The minimum absolute atomic E-state index is 0. The molecule has 0 spiro atoms. The van der Waals surface area contributed by atoms with E-state index in [2.05, 4.69) is 10.0 Å². The van der Waals surface area contributed by atoms with E-state index in [9.17, 15) is 13.2 Å². The predicted molar refractivity (Wildman–Crippen MR) is 84.5 cm³/mol. The van der Waals surface area contributed by atoms with Gasteiger partial charge in [-0.2, -0.15) is 0 Å². The van der Waals surface area contributed by atoms with Gasteiger partial charge in [-0.25, -0.2) is 13.1 Å². The summed E-state index contributed by atoms with van der Waals surface area (Å²) < 4.78 is 29.0. The second-order valence-corrected chi connectivity index (χ2v) is 7.68. The Morgan fingerprint density at radius 3 is 2.45 bits per heavy atom. The summed E-state index contributed by atoms with van der Waals surface area (Å²) in [6.45, 7) is 0. The molecule has 0 aromatic carbocycles. The molecule has 0 aliphatic carbocycles. The molecule has 2 saturated heterocycles. The Morgan fingerprint density at radius 2 is 1.95 bits per heavy atom. The van der Waals surface area contributed by atoms with Gasteiger partial charge in [-0.3, -0.25) is 4.79 Å². The maximum absolute atomic E-state index is 12.4. The molecular formula is C13H21ClN4O3S. The Kier molecular flexibility index (Phi) is 4.86. The summed E-state index contributed by atoms with van der Waals surface area (Å²) in [5, 5.41) is 3.47. The molecular weight excluding hydrogens is 328 g/mol. The van der Waals surface area contributed by atoms with Crippen LogP contribution in [-0.2, 0) is 17.1 Å². The van der Waals surface area contributed by atoms with Crippen LogP contribution >= 0.6 is 12.4 Å². The molecule has 1 amide bonds. The lowest BCUT2D eigenvalue weighted by Gasteiger charge is -2.29. The number of nitrogens with two attached hydrogens (primary N) is 1. The summed E-state index contributed by atoms with van der Waals surface area (Å²) in [6.07, 6.45) is 5.26. The number of nitrogens with zero attached hydrogens (tertiary/aromatic N) is 1. The third-order valence-electron chi connectivity index (χ3n) is 4.34. The number of aromatic nitrogens is 1. The maximum Gasteiger partial charge on any atom is 0.265 e. The molecule has 2 aliphatic rings. The molecule has 9 heteroatoms. The number of fused-ring (bicyclic) bond motifs is 2. The zero-order valence-electron chi connectivity index (χ0n) is 12.3. The van der Waals surface area contributed by atoms with E-state index >= 15 is 0 Å². The second kappa shape index (κ2) is 6.19. The van der Waals surface area contributed by atoms with Crippen molar-refractivity contribution < 1.29 is 13.2 Å². The number of carbonyl (C=O) groups excluding carboxylic acids is 1. The normalized spacial score (nSPS) is 27.4. The molecule has 3 heterocycles. The van der Waals surface area contributed by atoms with Gasteiger partial charge in [0.1, 0.15) is 10.6 Å². The molecule has 2 unspecified atom stereocenters. The lowest BCUT2D eigenvalue weighted by atomic mass is 10.0. The van der Waals surface area contributed by atoms with Crippen LogP contribution in [0.5, 0.6) is 0 Å². The minimum atomic E-state index is -3.62. The van der Waals surface area contributed by atoms with E-state index in [0.29, 0.717) is 12.1 Å². The predicted octanol–water partition coefficient (Wildman–Crippen LogP) is 0.107. The highest BCUT2D eigenvalue weighted by molar-refractivity contribution is 7.89. The molecule has 2 aliphatic heterocycles. The molecule has 124 valence electrons. The van der Waals surface area contributed by atoms with Crippen LogP contribution in [0.1, 0.15) is 36.2 Å². The van der Waals surface area contributed by atoms with Crippen molar-refractivity contribution in [2.45, 2.75) is 48.7 Å². The number of hydrogen-bond acceptors (Lipinski definition) is 4. The summed E-state index contributed by atoms with van der Waals surface area (Å²) in [7, 11) is -2.02. The molecule has 2 bridgehead atoms. The Morgan fingerprint density at radius 1 is 1.36 bits per heavy atom. The zero-order chi connectivity index (χ0) is 15.2. The molecule has 4 N–H and O–H groups in total. The zero-order valence-corrected chi connectivity index (χ0v) is 13.9. The number of primary amides is 1. The van der Waals surface area contributed by atoms with Crippen LogP contribution in [-0.4, -0.2) is 37.0 Å². The highest BCUT2D eigenvalue weighted by Crippen LogP contribution is 2.27. The molecule has 0 radical (unpaired) electrons. The quantitative estimate of drug-likeness (QED) is 0.717. The van der Waals surface area contributed by atoms with Gasteiger partial charge in [0.2, 0.25) is 10.0 Å². The number of hydrogen-bond donors (Lipinski definition) is 3. The maximum atomic E-state index is 12.4. The fourth-order valence-corrected chi connectivity index (χ4v) is 4.70. The summed E-state index contributed by atoms with van der Waals surface area (Å²) in [5.41, 5.74) is 5.40. The lowest BCUT2D eigenvalue weighted by molar-refractivity contribution is 0.0992. The number of halogens is 1. The number of sulfonamides is 1. The molecule has 0 saturated carbocycles. The topological polar surface area (TPSA) is 106 Å². The second-order valence-electron chi connectivity index (χ2n) is 5.96. The number of piperidine rings is 1. The van der Waals surface area contributed by atoms with Crippen LogP contribution < -0.4 is 15.8 Å². The van der Waals surface area contributed by atoms with Crippen molar-refractivity contribution in [1.29, 1.82) is 0 Å². The molecule has 2 fully saturated rings. The van der Waals surface area contributed by atoms with Crippen molar-refractivity contribution in [3.63, 3.8) is 0 Å². The van der Waals surface area contributed by atoms with E-state index in [1.54, 1.807) is 7.05 Å². The monoisotopic (exact) mass is 348 g/mol. The molecule has 22 heavy (non-hydrogen) atoms. The van der Waals surface area contributed by atoms with E-state index < -0.39 is 15.9 Å². The minimum Gasteiger partial charge on any atom is -0.364 e. The smallest absolute Gasteiger partial charge is 0.265 e. The number of rotatable bonds is 4. The van der Waals surface area contributed by atoms with Crippen molar-refractivity contribution in [2.75, 3.05) is 0 Å². The number of amides is 1. The van der Waals surface area contributed by atoms with Crippen LogP contribution in [0.4, 0.5) is 0 Å². The van der Waals surface area contributed by atoms with Crippen molar-refractivity contribution in [2.24, 2.45) is 12.8 Å². The lowest BCUT2D eigenvalue weighted by Crippen LogP contribution is -2.47. The third kappa shape index (κ3) is 3.29. The first-order valence-corrected chi connectivity index (χ1v) is 8.58. The van der Waals surface area contributed by atoms with E-state index in [1.807, 2.05) is 0 Å².